The van der Waals surface area contributed by atoms with Gasteiger partial charge < -0.3 is 15.2 Å². The second-order valence-corrected chi connectivity index (χ2v) is 5.68. The van der Waals surface area contributed by atoms with Crippen LogP contribution in [0.3, 0.4) is 0 Å². The lowest BCUT2D eigenvalue weighted by molar-refractivity contribution is -0.128. The van der Waals surface area contributed by atoms with Crippen LogP contribution in [0, 0.1) is 5.41 Å². The van der Waals surface area contributed by atoms with Crippen LogP contribution in [0.2, 0.25) is 0 Å². The molecule has 2 unspecified atom stereocenters. The molecule has 0 aliphatic heterocycles. The van der Waals surface area contributed by atoms with Crippen molar-refractivity contribution < 1.29 is 14.6 Å². The Morgan fingerprint density at radius 2 is 2.16 bits per heavy atom. The zero-order valence-electron chi connectivity index (χ0n) is 11.6. The van der Waals surface area contributed by atoms with E-state index in [0.717, 1.165) is 11.3 Å². The van der Waals surface area contributed by atoms with Crippen LogP contribution in [-0.2, 0) is 11.2 Å². The van der Waals surface area contributed by atoms with Crippen molar-refractivity contribution in [1.82, 2.24) is 5.32 Å². The van der Waals surface area contributed by atoms with Crippen molar-refractivity contribution in [3.05, 3.63) is 29.8 Å². The molecule has 0 spiro atoms. The summed E-state index contributed by atoms with van der Waals surface area (Å²) in [5.74, 6) is 0.694. The molecular weight excluding hydrogens is 242 g/mol. The minimum Gasteiger partial charge on any atom is -0.496 e. The molecule has 2 atom stereocenters. The number of nitrogens with one attached hydrogen (secondary N) is 1. The first-order chi connectivity index (χ1) is 8.95. The number of carbonyl (C=O) groups excluding carboxylic acids is 1. The lowest BCUT2D eigenvalue weighted by Crippen LogP contribution is -2.61. The van der Waals surface area contributed by atoms with Gasteiger partial charge in [0.1, 0.15) is 5.75 Å². The number of aliphatic hydroxyl groups excluding tert-OH is 1. The Morgan fingerprint density at radius 3 is 2.74 bits per heavy atom. The molecule has 1 aromatic carbocycles. The van der Waals surface area contributed by atoms with Crippen molar-refractivity contribution >= 4 is 5.91 Å². The van der Waals surface area contributed by atoms with Crippen LogP contribution in [0.1, 0.15) is 25.8 Å². The molecule has 0 bridgehead atoms. The maximum absolute atomic E-state index is 12.0. The van der Waals surface area contributed by atoms with Gasteiger partial charge in [-0.2, -0.15) is 0 Å². The molecule has 0 aromatic heterocycles. The Balaban J connectivity index is 1.95. The summed E-state index contributed by atoms with van der Waals surface area (Å²) in [6.45, 7) is 3.93. The van der Waals surface area contributed by atoms with Crippen LogP contribution in [0.25, 0.3) is 0 Å². The van der Waals surface area contributed by atoms with Crippen LogP contribution < -0.4 is 10.1 Å². The third-order valence-corrected chi connectivity index (χ3v) is 4.09. The average molecular weight is 263 g/mol. The minimum atomic E-state index is -0.330. The SMILES string of the molecule is COc1ccccc1CC(=O)NC1CC(O)C1(C)C. The standard InChI is InChI=1S/C15H21NO3/c1-15(2)12(9-13(15)17)16-14(18)8-10-6-4-5-7-11(10)19-3/h4-7,12-13,17H,8-9H2,1-3H3,(H,16,18). The summed E-state index contributed by atoms with van der Waals surface area (Å²) in [6, 6.07) is 7.55. The molecule has 4 heteroatoms. The zero-order chi connectivity index (χ0) is 14.0. The van der Waals surface area contributed by atoms with Gasteiger partial charge in [0, 0.05) is 17.0 Å². The van der Waals surface area contributed by atoms with E-state index in [1.807, 2.05) is 38.1 Å². The molecule has 0 saturated heterocycles. The molecule has 19 heavy (non-hydrogen) atoms. The molecule has 2 N–H and O–H groups in total. The molecule has 0 radical (unpaired) electrons. The number of rotatable bonds is 4. The number of hydrogen-bond acceptors (Lipinski definition) is 3. The third-order valence-electron chi connectivity index (χ3n) is 4.09. The van der Waals surface area contributed by atoms with E-state index in [4.69, 9.17) is 4.74 Å². The van der Waals surface area contributed by atoms with Gasteiger partial charge in [-0.25, -0.2) is 0 Å². The Labute approximate surface area is 113 Å². The van der Waals surface area contributed by atoms with Crippen molar-refractivity contribution in [2.24, 2.45) is 5.41 Å². The Morgan fingerprint density at radius 1 is 1.47 bits per heavy atom. The maximum atomic E-state index is 12.0. The second kappa shape index (κ2) is 5.21. The van der Waals surface area contributed by atoms with Crippen LogP contribution >= 0.6 is 0 Å². The molecule has 1 aliphatic carbocycles. The van der Waals surface area contributed by atoms with Gasteiger partial charge in [-0.3, -0.25) is 4.79 Å². The van der Waals surface area contributed by atoms with Gasteiger partial charge in [-0.15, -0.1) is 0 Å². The molecule has 4 nitrogen and oxygen atoms in total. The summed E-state index contributed by atoms with van der Waals surface area (Å²) in [4.78, 5) is 12.0. The van der Waals surface area contributed by atoms with E-state index in [1.165, 1.54) is 0 Å². The lowest BCUT2D eigenvalue weighted by atomic mass is 9.64. The van der Waals surface area contributed by atoms with Gasteiger partial charge in [-0.1, -0.05) is 32.0 Å². The van der Waals surface area contributed by atoms with Gasteiger partial charge in [-0.05, 0) is 12.5 Å². The monoisotopic (exact) mass is 263 g/mol. The van der Waals surface area contributed by atoms with Gasteiger partial charge in [0.2, 0.25) is 5.91 Å². The van der Waals surface area contributed by atoms with Crippen molar-refractivity contribution in [2.75, 3.05) is 7.11 Å². The van der Waals surface area contributed by atoms with Gasteiger partial charge in [0.05, 0.1) is 19.6 Å². The van der Waals surface area contributed by atoms with E-state index < -0.39 is 0 Å². The van der Waals surface area contributed by atoms with E-state index in [9.17, 15) is 9.90 Å². The van der Waals surface area contributed by atoms with E-state index in [1.54, 1.807) is 7.11 Å². The van der Waals surface area contributed by atoms with Gasteiger partial charge in [0.15, 0.2) is 0 Å². The summed E-state index contributed by atoms with van der Waals surface area (Å²) >= 11 is 0. The topological polar surface area (TPSA) is 58.6 Å². The van der Waals surface area contributed by atoms with Crippen LogP contribution in [0.4, 0.5) is 0 Å². The van der Waals surface area contributed by atoms with Crippen molar-refractivity contribution in [3.8, 4) is 5.75 Å². The molecule has 1 aliphatic rings. The summed E-state index contributed by atoms with van der Waals surface area (Å²) in [6.07, 6.45) is 0.598. The molecule has 104 valence electrons. The van der Waals surface area contributed by atoms with E-state index in [0.29, 0.717) is 12.8 Å². The smallest absolute Gasteiger partial charge is 0.224 e. The molecule has 2 rings (SSSR count). The number of hydrogen-bond donors (Lipinski definition) is 2. The van der Waals surface area contributed by atoms with Crippen LogP contribution in [-0.4, -0.2) is 30.3 Å². The summed E-state index contributed by atoms with van der Waals surface area (Å²) in [5.41, 5.74) is 0.636. The molecule has 1 amide bonds. The fourth-order valence-electron chi connectivity index (χ4n) is 2.41. The highest BCUT2D eigenvalue weighted by atomic mass is 16.5. The van der Waals surface area contributed by atoms with Gasteiger partial charge in [0.25, 0.3) is 0 Å². The first-order valence-corrected chi connectivity index (χ1v) is 6.54. The first-order valence-electron chi connectivity index (χ1n) is 6.54. The number of aliphatic hydroxyl groups is 1. The molecule has 0 heterocycles. The first kappa shape index (κ1) is 13.9. The largest absolute Gasteiger partial charge is 0.496 e. The Kier molecular flexibility index (Phi) is 3.80. The highest BCUT2D eigenvalue weighted by molar-refractivity contribution is 5.79. The maximum Gasteiger partial charge on any atom is 0.224 e. The number of ether oxygens (including phenoxy) is 1. The molecule has 1 fully saturated rings. The predicted molar refractivity (Wildman–Crippen MR) is 73.0 cm³/mol. The summed E-state index contributed by atoms with van der Waals surface area (Å²) < 4.78 is 5.23. The normalized spacial score (nSPS) is 24.4. The fourth-order valence-corrected chi connectivity index (χ4v) is 2.41. The van der Waals surface area contributed by atoms with Gasteiger partial charge >= 0.3 is 0 Å². The number of amides is 1. The number of carbonyl (C=O) groups is 1. The fraction of sp³-hybridized carbons (Fsp3) is 0.533. The highest BCUT2D eigenvalue weighted by Gasteiger charge is 2.47. The van der Waals surface area contributed by atoms with Crippen LogP contribution in [0.5, 0.6) is 5.75 Å². The molecule has 1 aromatic rings. The van der Waals surface area contributed by atoms with E-state index in [-0.39, 0.29) is 23.5 Å². The molecule has 1 saturated carbocycles. The lowest BCUT2D eigenvalue weighted by Gasteiger charge is -2.49. The number of methoxy groups -OCH3 is 1. The second-order valence-electron chi connectivity index (χ2n) is 5.68. The van der Waals surface area contributed by atoms with Crippen molar-refractivity contribution in [3.63, 3.8) is 0 Å². The molecular formula is C15H21NO3. The van der Waals surface area contributed by atoms with Crippen molar-refractivity contribution in [2.45, 2.75) is 38.8 Å². The van der Waals surface area contributed by atoms with Crippen LogP contribution in [0.15, 0.2) is 24.3 Å². The summed E-state index contributed by atoms with van der Waals surface area (Å²) in [5, 5.41) is 12.6. The zero-order valence-corrected chi connectivity index (χ0v) is 11.6. The minimum absolute atomic E-state index is 0.0329. The third kappa shape index (κ3) is 2.73. The highest BCUT2D eigenvalue weighted by Crippen LogP contribution is 2.40. The predicted octanol–water partition coefficient (Wildman–Crippen LogP) is 1.51. The van der Waals surface area contributed by atoms with E-state index in [2.05, 4.69) is 5.32 Å². The van der Waals surface area contributed by atoms with Crippen molar-refractivity contribution in [1.29, 1.82) is 0 Å². The Hall–Kier alpha value is -1.55. The quantitative estimate of drug-likeness (QED) is 0.865. The summed E-state index contributed by atoms with van der Waals surface area (Å²) in [7, 11) is 1.60. The van der Waals surface area contributed by atoms with E-state index >= 15 is 0 Å². The number of para-hydroxylation sites is 1. The number of benzene rings is 1. The average Bonchev–Trinajstić information content (AvgIpc) is 2.39. The Bertz CT molecular complexity index is 470.